The van der Waals surface area contributed by atoms with Crippen molar-refractivity contribution in [2.45, 2.75) is 38.5 Å². The predicted molar refractivity (Wildman–Crippen MR) is 96.0 cm³/mol. The summed E-state index contributed by atoms with van der Waals surface area (Å²) in [4.78, 5) is 5.25. The molecule has 0 saturated carbocycles. The molecule has 1 aromatic rings. The van der Waals surface area contributed by atoms with Gasteiger partial charge in [0.2, 0.25) is 0 Å². The highest BCUT2D eigenvalue weighted by molar-refractivity contribution is 5.20. The van der Waals surface area contributed by atoms with Crippen LogP contribution in [-0.4, -0.2) is 55.7 Å². The topological polar surface area (TPSA) is 15.7 Å². The van der Waals surface area contributed by atoms with Gasteiger partial charge >= 0.3 is 0 Å². The third-order valence-electron chi connectivity index (χ3n) is 5.43. The minimum absolute atomic E-state index is 0.808. The number of hydrogen-bond donors (Lipinski definition) is 0. The van der Waals surface area contributed by atoms with Gasteiger partial charge in [0.15, 0.2) is 0 Å². The average molecular weight is 316 g/mol. The molecular weight excluding hydrogens is 284 g/mol. The Hall–Kier alpha value is -1.06. The summed E-state index contributed by atoms with van der Waals surface area (Å²) in [5.41, 5.74) is 0. The molecule has 0 amide bonds. The zero-order chi connectivity index (χ0) is 15.7. The molecule has 3 heteroatoms. The Morgan fingerprint density at radius 3 is 2.26 bits per heavy atom. The quantitative estimate of drug-likeness (QED) is 0.763. The van der Waals surface area contributed by atoms with Crippen LogP contribution in [0.5, 0.6) is 5.75 Å². The Morgan fingerprint density at radius 1 is 0.826 bits per heavy atom. The van der Waals surface area contributed by atoms with Crippen LogP contribution in [0.25, 0.3) is 0 Å². The van der Waals surface area contributed by atoms with E-state index in [1.165, 1.54) is 71.2 Å². The Balaban J connectivity index is 1.26. The van der Waals surface area contributed by atoms with E-state index in [9.17, 15) is 0 Å². The fourth-order valence-electron chi connectivity index (χ4n) is 3.86. The fraction of sp³-hybridized carbons (Fsp3) is 0.700. The van der Waals surface area contributed by atoms with Crippen molar-refractivity contribution < 1.29 is 4.74 Å². The molecule has 2 heterocycles. The number of piperidine rings is 2. The van der Waals surface area contributed by atoms with E-state index in [1.54, 1.807) is 0 Å². The van der Waals surface area contributed by atoms with Crippen LogP contribution in [0, 0.1) is 5.92 Å². The monoisotopic (exact) mass is 316 g/mol. The van der Waals surface area contributed by atoms with Gasteiger partial charge in [-0.3, -0.25) is 4.90 Å². The standard InChI is InChI=1S/C20H32N2O/c1-3-7-20(8-4-1)23-18-17-22-15-10-19(11-16-22)9-14-21-12-5-2-6-13-21/h1,3-4,7-8,19H,2,5-6,9-18H2. The molecule has 2 aliphatic rings. The van der Waals surface area contributed by atoms with E-state index >= 15 is 0 Å². The molecule has 3 nitrogen and oxygen atoms in total. The second-order valence-corrected chi connectivity index (χ2v) is 7.14. The molecule has 1 aromatic carbocycles. The van der Waals surface area contributed by atoms with Gasteiger partial charge in [-0.1, -0.05) is 24.6 Å². The van der Waals surface area contributed by atoms with Gasteiger partial charge in [-0.05, 0) is 82.9 Å². The van der Waals surface area contributed by atoms with Crippen LogP contribution in [-0.2, 0) is 0 Å². The van der Waals surface area contributed by atoms with Gasteiger partial charge in [-0.2, -0.15) is 0 Å². The minimum Gasteiger partial charge on any atom is -0.492 e. The number of hydrogen-bond acceptors (Lipinski definition) is 3. The molecule has 0 aliphatic carbocycles. The van der Waals surface area contributed by atoms with Crippen LogP contribution in [0.3, 0.4) is 0 Å². The maximum atomic E-state index is 5.81. The molecule has 23 heavy (non-hydrogen) atoms. The molecule has 128 valence electrons. The summed E-state index contributed by atoms with van der Waals surface area (Å²) in [6.45, 7) is 8.40. The summed E-state index contributed by atoms with van der Waals surface area (Å²) in [7, 11) is 0. The van der Waals surface area contributed by atoms with Crippen LogP contribution in [0.1, 0.15) is 38.5 Å². The predicted octanol–water partition coefficient (Wildman–Crippen LogP) is 3.65. The zero-order valence-electron chi connectivity index (χ0n) is 14.5. The highest BCUT2D eigenvalue weighted by Gasteiger charge is 2.20. The van der Waals surface area contributed by atoms with Crippen molar-refractivity contribution in [3.8, 4) is 5.75 Å². The smallest absolute Gasteiger partial charge is 0.119 e. The average Bonchev–Trinajstić information content (AvgIpc) is 2.63. The van der Waals surface area contributed by atoms with E-state index in [1.807, 2.05) is 30.3 Å². The van der Waals surface area contributed by atoms with E-state index in [4.69, 9.17) is 4.74 Å². The number of ether oxygens (including phenoxy) is 1. The molecular formula is C20H32N2O. The number of rotatable bonds is 7. The second-order valence-electron chi connectivity index (χ2n) is 7.14. The molecule has 0 bridgehead atoms. The van der Waals surface area contributed by atoms with Crippen molar-refractivity contribution in [1.82, 2.24) is 9.80 Å². The fourth-order valence-corrected chi connectivity index (χ4v) is 3.86. The zero-order valence-corrected chi connectivity index (χ0v) is 14.5. The Bertz CT molecular complexity index is 423. The molecule has 0 unspecified atom stereocenters. The van der Waals surface area contributed by atoms with Crippen molar-refractivity contribution in [2.24, 2.45) is 5.92 Å². The van der Waals surface area contributed by atoms with Crippen molar-refractivity contribution in [2.75, 3.05) is 45.9 Å². The summed E-state index contributed by atoms with van der Waals surface area (Å²) in [6, 6.07) is 10.2. The van der Waals surface area contributed by atoms with E-state index < -0.39 is 0 Å². The summed E-state index contributed by atoms with van der Waals surface area (Å²) < 4.78 is 5.81. The Morgan fingerprint density at radius 2 is 1.52 bits per heavy atom. The minimum atomic E-state index is 0.808. The molecule has 0 N–H and O–H groups in total. The van der Waals surface area contributed by atoms with Crippen LogP contribution in [0.15, 0.2) is 30.3 Å². The first-order valence-corrected chi connectivity index (χ1v) is 9.53. The molecule has 2 aliphatic heterocycles. The first-order valence-electron chi connectivity index (χ1n) is 9.53. The van der Waals surface area contributed by atoms with Crippen LogP contribution in [0.2, 0.25) is 0 Å². The van der Waals surface area contributed by atoms with Gasteiger partial charge in [0.1, 0.15) is 12.4 Å². The summed E-state index contributed by atoms with van der Waals surface area (Å²) in [6.07, 6.45) is 8.44. The number of nitrogens with zero attached hydrogens (tertiary/aromatic N) is 2. The number of likely N-dealkylation sites (tertiary alicyclic amines) is 2. The lowest BCUT2D eigenvalue weighted by Gasteiger charge is -2.33. The molecule has 2 fully saturated rings. The van der Waals surface area contributed by atoms with Crippen LogP contribution in [0.4, 0.5) is 0 Å². The van der Waals surface area contributed by atoms with E-state index in [2.05, 4.69) is 9.80 Å². The number of para-hydroxylation sites is 1. The summed E-state index contributed by atoms with van der Waals surface area (Å²) in [5, 5.41) is 0. The highest BCUT2D eigenvalue weighted by atomic mass is 16.5. The van der Waals surface area contributed by atoms with Crippen molar-refractivity contribution in [3.05, 3.63) is 30.3 Å². The molecule has 0 aromatic heterocycles. The maximum absolute atomic E-state index is 5.81. The van der Waals surface area contributed by atoms with E-state index in [0.29, 0.717) is 0 Å². The summed E-state index contributed by atoms with van der Waals surface area (Å²) in [5.74, 6) is 1.94. The van der Waals surface area contributed by atoms with Gasteiger partial charge in [0.25, 0.3) is 0 Å². The third-order valence-corrected chi connectivity index (χ3v) is 5.43. The van der Waals surface area contributed by atoms with Gasteiger partial charge in [0.05, 0.1) is 0 Å². The van der Waals surface area contributed by atoms with E-state index in [-0.39, 0.29) is 0 Å². The van der Waals surface area contributed by atoms with Crippen molar-refractivity contribution >= 4 is 0 Å². The number of benzene rings is 1. The SMILES string of the molecule is c1ccc(OCCN2CCC(CCN3CCCCC3)CC2)cc1. The van der Waals surface area contributed by atoms with Crippen molar-refractivity contribution in [1.29, 1.82) is 0 Å². The van der Waals surface area contributed by atoms with Crippen LogP contribution < -0.4 is 4.74 Å². The molecule has 0 atom stereocenters. The Labute approximate surface area is 141 Å². The lowest BCUT2D eigenvalue weighted by atomic mass is 9.93. The van der Waals surface area contributed by atoms with Crippen molar-refractivity contribution in [3.63, 3.8) is 0 Å². The third kappa shape index (κ3) is 5.82. The van der Waals surface area contributed by atoms with Gasteiger partial charge in [0, 0.05) is 6.54 Å². The lowest BCUT2D eigenvalue weighted by Crippen LogP contribution is -2.38. The second kappa shape index (κ2) is 9.29. The first-order chi connectivity index (χ1) is 11.4. The van der Waals surface area contributed by atoms with Gasteiger partial charge in [-0.15, -0.1) is 0 Å². The molecule has 3 rings (SSSR count). The molecule has 2 saturated heterocycles. The maximum Gasteiger partial charge on any atom is 0.119 e. The van der Waals surface area contributed by atoms with Gasteiger partial charge < -0.3 is 9.64 Å². The van der Waals surface area contributed by atoms with Crippen LogP contribution >= 0.6 is 0 Å². The summed E-state index contributed by atoms with van der Waals surface area (Å²) >= 11 is 0. The molecule has 0 radical (unpaired) electrons. The first kappa shape index (κ1) is 16.8. The molecule has 0 spiro atoms. The normalized spacial score (nSPS) is 21.4. The highest BCUT2D eigenvalue weighted by Crippen LogP contribution is 2.21. The Kier molecular flexibility index (Phi) is 6.78. The largest absolute Gasteiger partial charge is 0.492 e. The lowest BCUT2D eigenvalue weighted by molar-refractivity contribution is 0.139. The van der Waals surface area contributed by atoms with E-state index in [0.717, 1.165) is 24.8 Å². The van der Waals surface area contributed by atoms with Gasteiger partial charge in [-0.25, -0.2) is 0 Å².